The van der Waals surface area contributed by atoms with Gasteiger partial charge in [-0.3, -0.25) is 19.8 Å². The highest BCUT2D eigenvalue weighted by Crippen LogP contribution is 2.25. The fourth-order valence-electron chi connectivity index (χ4n) is 2.69. The maximum atomic E-state index is 12.4. The third kappa shape index (κ3) is 3.86. The lowest BCUT2D eigenvalue weighted by atomic mass is 10.1. The van der Waals surface area contributed by atoms with Crippen molar-refractivity contribution in [2.75, 3.05) is 13.2 Å². The van der Waals surface area contributed by atoms with Crippen LogP contribution in [-0.2, 0) is 14.3 Å². The summed E-state index contributed by atoms with van der Waals surface area (Å²) in [6.07, 6.45) is 1.39. The Bertz CT molecular complexity index is 975. The Labute approximate surface area is 167 Å². The largest absolute Gasteiger partial charge is 0.462 e. The standard InChI is InChI=1S/C20H18N2O5S/c1-3-22-18(24)15(17(23)21-20(22)28)11-14-9-10-16(27-14)12-5-7-13(8-6-12)19(25)26-4-2/h5-11H,3-4H2,1-2H3,(H,21,23,28)/b15-11+. The number of carbonyl (C=O) groups is 3. The van der Waals surface area contributed by atoms with Crippen LogP contribution in [0.1, 0.15) is 30.0 Å². The fourth-order valence-corrected chi connectivity index (χ4v) is 3.00. The summed E-state index contributed by atoms with van der Waals surface area (Å²) in [7, 11) is 0. The first-order valence-corrected chi connectivity index (χ1v) is 9.11. The molecule has 1 aromatic carbocycles. The number of likely N-dealkylation sites (N-methyl/N-ethyl adjacent to an activating group) is 1. The van der Waals surface area contributed by atoms with Crippen LogP contribution in [0.3, 0.4) is 0 Å². The maximum Gasteiger partial charge on any atom is 0.338 e. The van der Waals surface area contributed by atoms with Crippen molar-refractivity contribution in [1.82, 2.24) is 10.2 Å². The van der Waals surface area contributed by atoms with Crippen LogP contribution in [-0.4, -0.2) is 40.9 Å². The number of thiocarbonyl (C=S) groups is 1. The van der Waals surface area contributed by atoms with Crippen molar-refractivity contribution in [3.8, 4) is 11.3 Å². The van der Waals surface area contributed by atoms with Gasteiger partial charge in [0, 0.05) is 12.1 Å². The molecule has 1 aromatic heterocycles. The number of ether oxygens (including phenoxy) is 1. The molecule has 2 aromatic rings. The molecular formula is C20H18N2O5S. The molecule has 1 aliphatic rings. The molecule has 0 atom stereocenters. The van der Waals surface area contributed by atoms with Gasteiger partial charge in [-0.05, 0) is 56.4 Å². The zero-order valence-corrected chi connectivity index (χ0v) is 16.2. The van der Waals surface area contributed by atoms with Crippen LogP contribution in [0, 0.1) is 0 Å². The third-order valence-electron chi connectivity index (χ3n) is 4.10. The average molecular weight is 398 g/mol. The zero-order valence-electron chi connectivity index (χ0n) is 15.4. The molecule has 0 unspecified atom stereocenters. The summed E-state index contributed by atoms with van der Waals surface area (Å²) in [5.74, 6) is -0.524. The number of nitrogens with one attached hydrogen (secondary N) is 1. The lowest BCUT2D eigenvalue weighted by Gasteiger charge is -2.27. The van der Waals surface area contributed by atoms with Gasteiger partial charge in [0.15, 0.2) is 5.11 Å². The van der Waals surface area contributed by atoms with E-state index in [9.17, 15) is 14.4 Å². The molecular weight excluding hydrogens is 380 g/mol. The van der Waals surface area contributed by atoms with Gasteiger partial charge in [-0.15, -0.1) is 0 Å². The lowest BCUT2D eigenvalue weighted by molar-refractivity contribution is -0.128. The van der Waals surface area contributed by atoms with E-state index in [1.165, 1.54) is 11.0 Å². The highest BCUT2D eigenvalue weighted by Gasteiger charge is 2.32. The lowest BCUT2D eigenvalue weighted by Crippen LogP contribution is -2.53. The van der Waals surface area contributed by atoms with Crippen LogP contribution in [0.2, 0.25) is 0 Å². The molecule has 144 valence electrons. The van der Waals surface area contributed by atoms with E-state index in [1.807, 2.05) is 0 Å². The number of rotatable bonds is 5. The summed E-state index contributed by atoms with van der Waals surface area (Å²) >= 11 is 5.00. The highest BCUT2D eigenvalue weighted by atomic mass is 32.1. The number of esters is 1. The van der Waals surface area contributed by atoms with Crippen LogP contribution >= 0.6 is 12.2 Å². The number of carbonyl (C=O) groups excluding carboxylic acids is 3. The van der Waals surface area contributed by atoms with E-state index in [0.717, 1.165) is 5.56 Å². The molecule has 0 radical (unpaired) electrons. The Morgan fingerprint density at radius 1 is 1.18 bits per heavy atom. The minimum atomic E-state index is -0.559. The van der Waals surface area contributed by atoms with Crippen LogP contribution in [0.5, 0.6) is 0 Å². The van der Waals surface area contributed by atoms with Crippen molar-refractivity contribution in [3.63, 3.8) is 0 Å². The van der Waals surface area contributed by atoms with E-state index in [1.54, 1.807) is 50.2 Å². The van der Waals surface area contributed by atoms with Gasteiger partial charge in [0.25, 0.3) is 11.8 Å². The Morgan fingerprint density at radius 2 is 1.89 bits per heavy atom. The minimum absolute atomic E-state index is 0.0472. The Kier molecular flexibility index (Phi) is 5.70. The first kappa shape index (κ1) is 19.5. The minimum Gasteiger partial charge on any atom is -0.462 e. The van der Waals surface area contributed by atoms with Crippen molar-refractivity contribution >= 4 is 41.2 Å². The van der Waals surface area contributed by atoms with E-state index in [-0.39, 0.29) is 16.7 Å². The molecule has 2 heterocycles. The number of amides is 2. The van der Waals surface area contributed by atoms with Gasteiger partial charge in [-0.2, -0.15) is 0 Å². The second kappa shape index (κ2) is 8.18. The molecule has 1 aliphatic heterocycles. The molecule has 3 rings (SSSR count). The summed E-state index contributed by atoms with van der Waals surface area (Å²) in [5, 5.41) is 2.58. The monoisotopic (exact) mass is 398 g/mol. The smallest absolute Gasteiger partial charge is 0.338 e. The second-order valence-corrected chi connectivity index (χ2v) is 6.25. The fraction of sp³-hybridized carbons (Fsp3) is 0.200. The summed E-state index contributed by atoms with van der Waals surface area (Å²) in [4.78, 5) is 37.6. The van der Waals surface area contributed by atoms with E-state index >= 15 is 0 Å². The Morgan fingerprint density at radius 3 is 2.54 bits per heavy atom. The molecule has 1 fully saturated rings. The van der Waals surface area contributed by atoms with E-state index < -0.39 is 11.8 Å². The van der Waals surface area contributed by atoms with E-state index in [2.05, 4.69) is 5.32 Å². The van der Waals surface area contributed by atoms with Crippen molar-refractivity contribution in [2.45, 2.75) is 13.8 Å². The molecule has 0 spiro atoms. The Balaban J connectivity index is 1.83. The van der Waals surface area contributed by atoms with Gasteiger partial charge in [-0.25, -0.2) is 4.79 Å². The summed E-state index contributed by atoms with van der Waals surface area (Å²) < 4.78 is 10.7. The number of hydrogen-bond acceptors (Lipinski definition) is 6. The predicted molar refractivity (Wildman–Crippen MR) is 106 cm³/mol. The van der Waals surface area contributed by atoms with Crippen LogP contribution in [0.4, 0.5) is 0 Å². The van der Waals surface area contributed by atoms with Crippen molar-refractivity contribution in [2.24, 2.45) is 0 Å². The summed E-state index contributed by atoms with van der Waals surface area (Å²) in [5.41, 5.74) is 1.14. The average Bonchev–Trinajstić information content (AvgIpc) is 3.14. The SMILES string of the molecule is CCOC(=O)c1ccc(-c2ccc(/C=C3\C(=O)NC(=S)N(CC)C3=O)o2)cc1. The van der Waals surface area contributed by atoms with Crippen molar-refractivity contribution < 1.29 is 23.5 Å². The van der Waals surface area contributed by atoms with Crippen LogP contribution in [0.15, 0.2) is 46.4 Å². The molecule has 0 aliphatic carbocycles. The summed E-state index contributed by atoms with van der Waals surface area (Å²) in [6.45, 7) is 4.18. The Hall–Kier alpha value is -3.26. The normalized spacial score (nSPS) is 15.7. The van der Waals surface area contributed by atoms with Gasteiger partial charge >= 0.3 is 5.97 Å². The molecule has 0 bridgehead atoms. The predicted octanol–water partition coefficient (Wildman–Crippen LogP) is 2.77. The quantitative estimate of drug-likeness (QED) is 0.361. The summed E-state index contributed by atoms with van der Waals surface area (Å²) in [6, 6.07) is 10.1. The molecule has 0 saturated carbocycles. The number of nitrogens with zero attached hydrogens (tertiary/aromatic N) is 1. The van der Waals surface area contributed by atoms with Crippen LogP contribution < -0.4 is 5.32 Å². The molecule has 1 saturated heterocycles. The van der Waals surface area contributed by atoms with Crippen molar-refractivity contribution in [1.29, 1.82) is 0 Å². The zero-order chi connectivity index (χ0) is 20.3. The second-order valence-electron chi connectivity index (χ2n) is 5.87. The highest BCUT2D eigenvalue weighted by molar-refractivity contribution is 7.80. The van der Waals surface area contributed by atoms with E-state index in [4.69, 9.17) is 21.4 Å². The number of furan rings is 1. The topological polar surface area (TPSA) is 88.9 Å². The van der Waals surface area contributed by atoms with Gasteiger partial charge in [0.2, 0.25) is 0 Å². The van der Waals surface area contributed by atoms with Gasteiger partial charge in [0.05, 0.1) is 12.2 Å². The first-order chi connectivity index (χ1) is 13.4. The molecule has 8 heteroatoms. The molecule has 7 nitrogen and oxygen atoms in total. The van der Waals surface area contributed by atoms with Crippen LogP contribution in [0.25, 0.3) is 17.4 Å². The number of benzene rings is 1. The third-order valence-corrected chi connectivity index (χ3v) is 4.42. The van der Waals surface area contributed by atoms with Gasteiger partial charge in [0.1, 0.15) is 17.1 Å². The molecule has 28 heavy (non-hydrogen) atoms. The van der Waals surface area contributed by atoms with Gasteiger partial charge in [-0.1, -0.05) is 12.1 Å². The molecule has 1 N–H and O–H groups in total. The number of hydrogen-bond donors (Lipinski definition) is 1. The maximum absolute atomic E-state index is 12.4. The van der Waals surface area contributed by atoms with Gasteiger partial charge < -0.3 is 9.15 Å². The molecule has 2 amide bonds. The van der Waals surface area contributed by atoms with E-state index in [0.29, 0.717) is 30.2 Å². The van der Waals surface area contributed by atoms with Crippen molar-refractivity contribution in [3.05, 3.63) is 53.3 Å². The first-order valence-electron chi connectivity index (χ1n) is 8.70.